The number of nitrogens with zero attached hydrogens (tertiary/aromatic N) is 2. The maximum atomic E-state index is 12.3. The van der Waals surface area contributed by atoms with E-state index in [0.29, 0.717) is 66.0 Å². The Morgan fingerprint density at radius 3 is 2.65 bits per heavy atom. The number of aromatic amines is 1. The van der Waals surface area contributed by atoms with Gasteiger partial charge in [-0.3, -0.25) is 9.59 Å². The van der Waals surface area contributed by atoms with Crippen molar-refractivity contribution in [3.05, 3.63) is 28.3 Å². The van der Waals surface area contributed by atoms with Gasteiger partial charge in [0, 0.05) is 19.2 Å². The Kier molecular flexibility index (Phi) is 6.00. The van der Waals surface area contributed by atoms with Crippen LogP contribution in [0.4, 0.5) is 0 Å². The van der Waals surface area contributed by atoms with Crippen LogP contribution in [0.15, 0.2) is 16.9 Å². The number of morpholine rings is 1. The van der Waals surface area contributed by atoms with Crippen LogP contribution in [0.2, 0.25) is 0 Å². The largest absolute Gasteiger partial charge is 0.493 e. The van der Waals surface area contributed by atoms with Gasteiger partial charge in [-0.15, -0.1) is 11.8 Å². The number of benzene rings is 1. The van der Waals surface area contributed by atoms with Gasteiger partial charge >= 0.3 is 0 Å². The van der Waals surface area contributed by atoms with Crippen molar-refractivity contribution in [1.82, 2.24) is 14.9 Å². The van der Waals surface area contributed by atoms with Crippen LogP contribution < -0.4 is 15.0 Å². The molecule has 0 unspecified atom stereocenters. The molecule has 0 aliphatic carbocycles. The number of fused-ring (bicyclic) bond motifs is 1. The summed E-state index contributed by atoms with van der Waals surface area (Å²) in [5.41, 5.74) is 0.285. The SMILES string of the molecule is COc1cc2nc(CSCC(=O)N3CCOCC3)[nH]c(=O)c2cc1OC. The first kappa shape index (κ1) is 18.5. The molecule has 1 aliphatic heterocycles. The van der Waals surface area contributed by atoms with Gasteiger partial charge in [0.05, 0.1) is 49.8 Å². The molecule has 0 bridgehead atoms. The van der Waals surface area contributed by atoms with Gasteiger partial charge in [-0.25, -0.2) is 4.98 Å². The van der Waals surface area contributed by atoms with Crippen molar-refractivity contribution >= 4 is 28.6 Å². The van der Waals surface area contributed by atoms with E-state index in [1.165, 1.54) is 26.0 Å². The minimum atomic E-state index is -0.244. The predicted molar refractivity (Wildman–Crippen MR) is 99.0 cm³/mol. The van der Waals surface area contributed by atoms with Crippen LogP contribution in [0.1, 0.15) is 5.82 Å². The summed E-state index contributed by atoms with van der Waals surface area (Å²) >= 11 is 1.42. The van der Waals surface area contributed by atoms with Crippen LogP contribution in [-0.4, -0.2) is 67.1 Å². The molecule has 1 fully saturated rings. The Hall–Kier alpha value is -2.26. The average molecular weight is 379 g/mol. The molecular formula is C17H21N3O5S. The molecule has 8 nitrogen and oxygen atoms in total. The van der Waals surface area contributed by atoms with Gasteiger partial charge in [-0.05, 0) is 6.07 Å². The number of carbonyl (C=O) groups is 1. The van der Waals surface area contributed by atoms with Crippen LogP contribution in [-0.2, 0) is 15.3 Å². The number of aromatic nitrogens is 2. The highest BCUT2D eigenvalue weighted by molar-refractivity contribution is 7.99. The maximum Gasteiger partial charge on any atom is 0.258 e. The van der Waals surface area contributed by atoms with E-state index in [2.05, 4.69) is 9.97 Å². The fraction of sp³-hybridized carbons (Fsp3) is 0.471. The Morgan fingerprint density at radius 1 is 1.27 bits per heavy atom. The summed E-state index contributed by atoms with van der Waals surface area (Å²) in [6.45, 7) is 2.43. The molecule has 9 heteroatoms. The number of carbonyl (C=O) groups excluding carboxylic acids is 1. The molecule has 1 aromatic carbocycles. The van der Waals surface area contributed by atoms with Gasteiger partial charge in [-0.1, -0.05) is 0 Å². The summed E-state index contributed by atoms with van der Waals surface area (Å²) in [6.07, 6.45) is 0. The minimum Gasteiger partial charge on any atom is -0.493 e. The summed E-state index contributed by atoms with van der Waals surface area (Å²) in [4.78, 5) is 33.5. The number of nitrogens with one attached hydrogen (secondary N) is 1. The Bertz CT molecular complexity index is 848. The van der Waals surface area contributed by atoms with Gasteiger partial charge in [0.1, 0.15) is 5.82 Å². The van der Waals surface area contributed by atoms with E-state index in [4.69, 9.17) is 14.2 Å². The quantitative estimate of drug-likeness (QED) is 0.801. The summed E-state index contributed by atoms with van der Waals surface area (Å²) in [5.74, 6) is 2.37. The van der Waals surface area contributed by atoms with Crippen molar-refractivity contribution in [3.8, 4) is 11.5 Å². The first-order valence-corrected chi connectivity index (χ1v) is 9.36. The minimum absolute atomic E-state index is 0.0767. The number of H-pyrrole nitrogens is 1. The first-order valence-electron chi connectivity index (χ1n) is 8.20. The zero-order valence-electron chi connectivity index (χ0n) is 14.7. The fourth-order valence-electron chi connectivity index (χ4n) is 2.72. The molecule has 1 saturated heterocycles. The van der Waals surface area contributed by atoms with Gasteiger partial charge in [0.2, 0.25) is 5.91 Å². The van der Waals surface area contributed by atoms with E-state index in [9.17, 15) is 9.59 Å². The van der Waals surface area contributed by atoms with Crippen molar-refractivity contribution < 1.29 is 19.0 Å². The van der Waals surface area contributed by atoms with E-state index in [0.717, 1.165) is 0 Å². The molecule has 2 heterocycles. The van der Waals surface area contributed by atoms with Crippen LogP contribution in [0.3, 0.4) is 0 Å². The number of amides is 1. The lowest BCUT2D eigenvalue weighted by molar-refractivity contribution is -0.132. The van der Waals surface area contributed by atoms with Gasteiger partial charge in [-0.2, -0.15) is 0 Å². The Morgan fingerprint density at radius 2 is 1.96 bits per heavy atom. The molecule has 2 aromatic rings. The van der Waals surface area contributed by atoms with E-state index in [1.54, 1.807) is 17.0 Å². The second kappa shape index (κ2) is 8.41. The van der Waals surface area contributed by atoms with Crippen molar-refractivity contribution in [3.63, 3.8) is 0 Å². The number of hydrogen-bond donors (Lipinski definition) is 1. The maximum absolute atomic E-state index is 12.3. The third-order valence-corrected chi connectivity index (χ3v) is 5.02. The molecule has 0 atom stereocenters. The van der Waals surface area contributed by atoms with Gasteiger partial charge < -0.3 is 24.1 Å². The van der Waals surface area contributed by atoms with Crippen LogP contribution in [0, 0.1) is 0 Å². The molecule has 3 rings (SSSR count). The van der Waals surface area contributed by atoms with Gasteiger partial charge in [0.25, 0.3) is 5.56 Å². The number of thioether (sulfide) groups is 1. The Balaban J connectivity index is 1.70. The lowest BCUT2D eigenvalue weighted by Gasteiger charge is -2.26. The van der Waals surface area contributed by atoms with Crippen molar-refractivity contribution in [2.24, 2.45) is 0 Å². The van der Waals surface area contributed by atoms with Crippen molar-refractivity contribution in [2.75, 3.05) is 46.3 Å². The van der Waals surface area contributed by atoms with E-state index < -0.39 is 0 Å². The third-order valence-electron chi connectivity index (χ3n) is 4.09. The molecule has 1 aromatic heterocycles. The number of methoxy groups -OCH3 is 2. The molecular weight excluding hydrogens is 358 g/mol. The van der Waals surface area contributed by atoms with Crippen LogP contribution in [0.25, 0.3) is 10.9 Å². The second-order valence-corrected chi connectivity index (χ2v) is 6.71. The molecule has 0 spiro atoms. The van der Waals surface area contributed by atoms with E-state index in [-0.39, 0.29) is 11.5 Å². The molecule has 0 saturated carbocycles. The highest BCUT2D eigenvalue weighted by atomic mass is 32.2. The highest BCUT2D eigenvalue weighted by Crippen LogP contribution is 2.30. The zero-order chi connectivity index (χ0) is 18.5. The number of rotatable bonds is 6. The lowest BCUT2D eigenvalue weighted by Crippen LogP contribution is -2.41. The summed E-state index contributed by atoms with van der Waals surface area (Å²) < 4.78 is 15.7. The van der Waals surface area contributed by atoms with Crippen LogP contribution in [0.5, 0.6) is 11.5 Å². The third kappa shape index (κ3) is 4.10. The summed E-state index contributed by atoms with van der Waals surface area (Å²) in [7, 11) is 3.05. The second-order valence-electron chi connectivity index (χ2n) is 5.72. The smallest absolute Gasteiger partial charge is 0.258 e. The summed E-state index contributed by atoms with van der Waals surface area (Å²) in [6, 6.07) is 3.29. The molecule has 1 N–H and O–H groups in total. The standard InChI is InChI=1S/C17H21N3O5S/c1-23-13-7-11-12(8-14(13)24-2)18-15(19-17(11)22)9-26-10-16(21)20-3-5-25-6-4-20/h7-8H,3-6,9-10H2,1-2H3,(H,18,19,22). The number of ether oxygens (including phenoxy) is 3. The molecule has 1 aliphatic rings. The van der Waals surface area contributed by atoms with Crippen molar-refractivity contribution in [2.45, 2.75) is 5.75 Å². The average Bonchev–Trinajstić information content (AvgIpc) is 2.67. The number of hydrogen-bond acceptors (Lipinski definition) is 7. The highest BCUT2D eigenvalue weighted by Gasteiger charge is 2.17. The molecule has 140 valence electrons. The first-order chi connectivity index (χ1) is 12.6. The topological polar surface area (TPSA) is 93.7 Å². The van der Waals surface area contributed by atoms with E-state index >= 15 is 0 Å². The zero-order valence-corrected chi connectivity index (χ0v) is 15.6. The van der Waals surface area contributed by atoms with Gasteiger partial charge in [0.15, 0.2) is 11.5 Å². The predicted octanol–water partition coefficient (Wildman–Crippen LogP) is 1.03. The normalized spacial score (nSPS) is 14.5. The molecule has 0 radical (unpaired) electrons. The summed E-state index contributed by atoms with van der Waals surface area (Å²) in [5, 5.41) is 0.431. The van der Waals surface area contributed by atoms with Crippen molar-refractivity contribution in [1.29, 1.82) is 0 Å². The Labute approximate surface area is 154 Å². The monoisotopic (exact) mass is 379 g/mol. The lowest BCUT2D eigenvalue weighted by atomic mass is 10.2. The van der Waals surface area contributed by atoms with Crippen LogP contribution >= 0.6 is 11.8 Å². The van der Waals surface area contributed by atoms with E-state index in [1.807, 2.05) is 0 Å². The molecule has 1 amide bonds. The fourth-order valence-corrected chi connectivity index (χ4v) is 3.51. The molecule has 26 heavy (non-hydrogen) atoms.